The highest BCUT2D eigenvalue weighted by Gasteiger charge is 2.34. The van der Waals surface area contributed by atoms with E-state index in [2.05, 4.69) is 6.58 Å². The molecule has 0 aliphatic carbocycles. The lowest BCUT2D eigenvalue weighted by Crippen LogP contribution is -2.19. The van der Waals surface area contributed by atoms with E-state index in [1.54, 1.807) is 12.1 Å². The van der Waals surface area contributed by atoms with Crippen LogP contribution in [0.4, 0.5) is 13.2 Å². The number of rotatable bonds is 5. The maximum Gasteiger partial charge on any atom is 0.416 e. The first-order valence-electron chi connectivity index (χ1n) is 5.07. The van der Waals surface area contributed by atoms with Gasteiger partial charge in [-0.2, -0.15) is 24.9 Å². The van der Waals surface area contributed by atoms with E-state index < -0.39 is 17.8 Å². The molecule has 0 spiro atoms. The van der Waals surface area contributed by atoms with Crippen LogP contribution in [0.3, 0.4) is 0 Å². The van der Waals surface area contributed by atoms with Crippen molar-refractivity contribution in [3.8, 4) is 0 Å². The molecule has 0 bridgehead atoms. The second kappa shape index (κ2) is 6.12. The van der Waals surface area contributed by atoms with Gasteiger partial charge in [-0.15, -0.1) is 6.58 Å². The minimum Gasteiger partial charge on any atom is -0.323 e. The summed E-state index contributed by atoms with van der Waals surface area (Å²) in [5.41, 5.74) is 5.28. The quantitative estimate of drug-likeness (QED) is 0.647. The molecule has 1 nitrogen and oxygen atoms in total. The summed E-state index contributed by atoms with van der Waals surface area (Å²) < 4.78 is 38.2. The van der Waals surface area contributed by atoms with Gasteiger partial charge in [-0.25, -0.2) is 0 Å². The number of thioether (sulfide) groups is 1. The highest BCUT2D eigenvalue weighted by Crippen LogP contribution is 2.34. The Morgan fingerprint density at radius 2 is 2.00 bits per heavy atom. The number of benzene rings is 1. The third-order valence-corrected chi connectivity index (χ3v) is 3.26. The highest BCUT2D eigenvalue weighted by atomic mass is 32.2. The SMILES string of the molecule is C=CCSCC(N)c1ccccc1C(F)(F)F. The Morgan fingerprint density at radius 3 is 2.59 bits per heavy atom. The van der Waals surface area contributed by atoms with Crippen molar-refractivity contribution in [3.63, 3.8) is 0 Å². The van der Waals surface area contributed by atoms with Crippen LogP contribution in [0.15, 0.2) is 36.9 Å². The smallest absolute Gasteiger partial charge is 0.323 e. The second-order valence-electron chi connectivity index (χ2n) is 3.52. The van der Waals surface area contributed by atoms with Crippen molar-refractivity contribution in [2.24, 2.45) is 5.73 Å². The zero-order chi connectivity index (χ0) is 12.9. The normalized spacial score (nSPS) is 13.4. The molecular weight excluding hydrogens is 247 g/mol. The predicted molar refractivity (Wildman–Crippen MR) is 65.9 cm³/mol. The molecule has 1 atom stereocenters. The van der Waals surface area contributed by atoms with Gasteiger partial charge in [0.15, 0.2) is 0 Å². The molecule has 0 aliphatic rings. The van der Waals surface area contributed by atoms with Crippen molar-refractivity contribution in [2.45, 2.75) is 12.2 Å². The molecule has 0 heterocycles. The third-order valence-electron chi connectivity index (χ3n) is 2.20. The first kappa shape index (κ1) is 14.1. The molecule has 2 N–H and O–H groups in total. The Hall–Kier alpha value is -0.940. The maximum absolute atomic E-state index is 12.7. The predicted octanol–water partition coefficient (Wildman–Crippen LogP) is 3.62. The van der Waals surface area contributed by atoms with Crippen molar-refractivity contribution in [1.82, 2.24) is 0 Å². The van der Waals surface area contributed by atoms with Crippen LogP contribution in [0.2, 0.25) is 0 Å². The van der Waals surface area contributed by atoms with Gasteiger partial charge in [-0.3, -0.25) is 0 Å². The van der Waals surface area contributed by atoms with Gasteiger partial charge in [-0.05, 0) is 11.6 Å². The summed E-state index contributed by atoms with van der Waals surface area (Å²) in [5.74, 6) is 1.13. The average Bonchev–Trinajstić information content (AvgIpc) is 2.28. The molecule has 0 saturated heterocycles. The lowest BCUT2D eigenvalue weighted by atomic mass is 10.0. The van der Waals surface area contributed by atoms with Crippen LogP contribution in [-0.2, 0) is 6.18 Å². The Bertz CT molecular complexity index is 376. The van der Waals surface area contributed by atoms with Crippen molar-refractivity contribution in [3.05, 3.63) is 48.0 Å². The fraction of sp³-hybridized carbons (Fsp3) is 0.333. The fourth-order valence-corrected chi connectivity index (χ4v) is 2.18. The van der Waals surface area contributed by atoms with Crippen molar-refractivity contribution < 1.29 is 13.2 Å². The number of hydrogen-bond donors (Lipinski definition) is 1. The van der Waals surface area contributed by atoms with Crippen LogP contribution in [0.1, 0.15) is 17.2 Å². The lowest BCUT2D eigenvalue weighted by molar-refractivity contribution is -0.138. The topological polar surface area (TPSA) is 26.0 Å². The monoisotopic (exact) mass is 261 g/mol. The van der Waals surface area contributed by atoms with Gasteiger partial charge in [0.1, 0.15) is 0 Å². The highest BCUT2D eigenvalue weighted by molar-refractivity contribution is 7.99. The third kappa shape index (κ3) is 4.09. The summed E-state index contributed by atoms with van der Waals surface area (Å²) in [6.07, 6.45) is -2.65. The van der Waals surface area contributed by atoms with E-state index in [-0.39, 0.29) is 5.56 Å². The molecule has 0 aliphatic heterocycles. The molecule has 0 amide bonds. The molecule has 1 unspecified atom stereocenters. The Morgan fingerprint density at radius 1 is 1.35 bits per heavy atom. The van der Waals surface area contributed by atoms with Gasteiger partial charge < -0.3 is 5.73 Å². The molecule has 1 aromatic carbocycles. The number of hydrogen-bond acceptors (Lipinski definition) is 2. The summed E-state index contributed by atoms with van der Waals surface area (Å²) in [6, 6.07) is 4.83. The lowest BCUT2D eigenvalue weighted by Gasteiger charge is -2.17. The van der Waals surface area contributed by atoms with Gasteiger partial charge >= 0.3 is 6.18 Å². The first-order chi connectivity index (χ1) is 7.96. The Labute approximate surface area is 103 Å². The first-order valence-corrected chi connectivity index (χ1v) is 6.22. The Kier molecular flexibility index (Phi) is 5.08. The minimum atomic E-state index is -4.35. The largest absolute Gasteiger partial charge is 0.416 e. The molecule has 17 heavy (non-hydrogen) atoms. The molecule has 0 fully saturated rings. The van der Waals surface area contributed by atoms with Crippen molar-refractivity contribution >= 4 is 11.8 Å². The number of alkyl halides is 3. The van der Waals surface area contributed by atoms with Gasteiger partial charge in [0.25, 0.3) is 0 Å². The van der Waals surface area contributed by atoms with Gasteiger partial charge in [0, 0.05) is 17.5 Å². The number of halogens is 3. The van der Waals surface area contributed by atoms with E-state index in [0.29, 0.717) is 11.5 Å². The van der Waals surface area contributed by atoms with E-state index >= 15 is 0 Å². The summed E-state index contributed by atoms with van der Waals surface area (Å²) in [7, 11) is 0. The van der Waals surface area contributed by atoms with Crippen LogP contribution in [0, 0.1) is 0 Å². The minimum absolute atomic E-state index is 0.150. The summed E-state index contributed by atoms with van der Waals surface area (Å²) in [4.78, 5) is 0. The standard InChI is InChI=1S/C12H14F3NS/c1-2-7-17-8-11(16)9-5-3-4-6-10(9)12(13,14)15/h2-6,11H,1,7-8,16H2. The number of nitrogens with two attached hydrogens (primary N) is 1. The van der Waals surface area contributed by atoms with E-state index in [1.165, 1.54) is 23.9 Å². The molecule has 1 rings (SSSR count). The van der Waals surface area contributed by atoms with E-state index in [9.17, 15) is 13.2 Å². The molecule has 0 radical (unpaired) electrons. The molecule has 0 saturated carbocycles. The van der Waals surface area contributed by atoms with Crippen LogP contribution in [0.25, 0.3) is 0 Å². The van der Waals surface area contributed by atoms with Crippen LogP contribution in [0.5, 0.6) is 0 Å². The summed E-state index contributed by atoms with van der Waals surface area (Å²) >= 11 is 1.47. The molecule has 5 heteroatoms. The zero-order valence-electron chi connectivity index (χ0n) is 9.20. The van der Waals surface area contributed by atoms with Crippen LogP contribution >= 0.6 is 11.8 Å². The molecule has 0 aromatic heterocycles. The van der Waals surface area contributed by atoms with E-state index in [4.69, 9.17) is 5.73 Å². The van der Waals surface area contributed by atoms with Crippen LogP contribution < -0.4 is 5.73 Å². The maximum atomic E-state index is 12.7. The van der Waals surface area contributed by atoms with Gasteiger partial charge in [0.05, 0.1) is 5.56 Å². The fourth-order valence-electron chi connectivity index (χ4n) is 1.45. The van der Waals surface area contributed by atoms with E-state index in [1.807, 2.05) is 0 Å². The summed E-state index contributed by atoms with van der Waals surface area (Å²) in [5, 5.41) is 0. The van der Waals surface area contributed by atoms with Gasteiger partial charge in [-0.1, -0.05) is 24.3 Å². The Balaban J connectivity index is 2.85. The molecular formula is C12H14F3NS. The molecule has 94 valence electrons. The van der Waals surface area contributed by atoms with Gasteiger partial charge in [0.2, 0.25) is 0 Å². The van der Waals surface area contributed by atoms with Crippen molar-refractivity contribution in [1.29, 1.82) is 0 Å². The van der Waals surface area contributed by atoms with Crippen molar-refractivity contribution in [2.75, 3.05) is 11.5 Å². The second-order valence-corrected chi connectivity index (χ2v) is 4.59. The van der Waals surface area contributed by atoms with E-state index in [0.717, 1.165) is 6.07 Å². The average molecular weight is 261 g/mol. The van der Waals surface area contributed by atoms with Crippen LogP contribution in [-0.4, -0.2) is 11.5 Å². The summed E-state index contributed by atoms with van der Waals surface area (Å²) in [6.45, 7) is 3.55. The zero-order valence-corrected chi connectivity index (χ0v) is 10.0. The molecule has 1 aromatic rings.